The molecule has 10 atom stereocenters. The van der Waals surface area contributed by atoms with Crippen LogP contribution in [0.5, 0.6) is 5.75 Å². The van der Waals surface area contributed by atoms with Gasteiger partial charge in [-0.15, -0.1) is 0 Å². The van der Waals surface area contributed by atoms with Crippen molar-refractivity contribution in [3.63, 3.8) is 0 Å². The molecule has 0 spiro atoms. The van der Waals surface area contributed by atoms with E-state index >= 15 is 8.78 Å². The lowest BCUT2D eigenvalue weighted by atomic mass is 9.44. The Morgan fingerprint density at radius 2 is 1.91 bits per heavy atom. The van der Waals surface area contributed by atoms with Crippen LogP contribution in [0.3, 0.4) is 0 Å². The van der Waals surface area contributed by atoms with E-state index in [0.717, 1.165) is 12.1 Å². The van der Waals surface area contributed by atoms with Gasteiger partial charge in [-0.3, -0.25) is 9.59 Å². The maximum Gasteiger partial charge on any atom is 0.205 e. The molecule has 6 rings (SSSR count). The molecule has 0 bridgehead atoms. The van der Waals surface area contributed by atoms with Crippen LogP contribution in [-0.4, -0.2) is 65.3 Å². The molecule has 234 valence electrons. The Hall–Kier alpha value is -2.62. The van der Waals surface area contributed by atoms with E-state index in [0.29, 0.717) is 18.6 Å². The Morgan fingerprint density at radius 1 is 1.19 bits per heavy atom. The zero-order valence-electron chi connectivity index (χ0n) is 25.6. The second-order valence-electron chi connectivity index (χ2n) is 13.8. The molecular weight excluding hydrogens is 556 g/mol. The fraction of sp³-hybridized carbons (Fsp3) is 0.647. The number of carbonyl (C=O) groups is 2. The minimum atomic E-state index is -2.24. The molecule has 0 aromatic heterocycles. The monoisotopic (exact) mass is 599 g/mol. The van der Waals surface area contributed by atoms with Crippen LogP contribution in [0.4, 0.5) is 14.5 Å². The molecule has 0 unspecified atom stereocenters. The van der Waals surface area contributed by atoms with Gasteiger partial charge in [-0.1, -0.05) is 26.3 Å². The Kier molecular flexibility index (Phi) is 7.41. The summed E-state index contributed by atoms with van der Waals surface area (Å²) in [4.78, 5) is 26.5. The van der Waals surface area contributed by atoms with Crippen LogP contribution in [0.2, 0.25) is 0 Å². The van der Waals surface area contributed by atoms with Crippen molar-refractivity contribution in [3.05, 3.63) is 48.1 Å². The molecule has 1 aliphatic heterocycles. The van der Waals surface area contributed by atoms with E-state index in [-0.39, 0.29) is 42.6 Å². The highest BCUT2D eigenvalue weighted by Crippen LogP contribution is 2.72. The number of carbonyl (C=O) groups excluding carboxylic acids is 2. The lowest BCUT2D eigenvalue weighted by Gasteiger charge is -2.63. The largest absolute Gasteiger partial charge is 0.486 e. The van der Waals surface area contributed by atoms with Gasteiger partial charge in [0.25, 0.3) is 0 Å². The third-order valence-corrected chi connectivity index (χ3v) is 11.0. The fourth-order valence-corrected chi connectivity index (χ4v) is 9.12. The molecule has 43 heavy (non-hydrogen) atoms. The van der Waals surface area contributed by atoms with Crippen LogP contribution in [0.15, 0.2) is 48.1 Å². The number of ether oxygens (including phenoxy) is 3. The zero-order valence-corrected chi connectivity index (χ0v) is 25.6. The first-order chi connectivity index (χ1) is 20.3. The van der Waals surface area contributed by atoms with Gasteiger partial charge in [-0.05, 0) is 94.4 Å². The minimum Gasteiger partial charge on any atom is -0.486 e. The maximum absolute atomic E-state index is 17.6. The highest BCUT2D eigenvalue weighted by Gasteiger charge is 2.80. The third kappa shape index (κ3) is 4.28. The molecular formula is C34H43F2NO6. The van der Waals surface area contributed by atoms with Gasteiger partial charge in [-0.2, -0.15) is 0 Å². The summed E-state index contributed by atoms with van der Waals surface area (Å²) in [5, 5.41) is 15.0. The summed E-state index contributed by atoms with van der Waals surface area (Å²) in [5.41, 5.74) is -5.26. The summed E-state index contributed by atoms with van der Waals surface area (Å²) >= 11 is 0. The summed E-state index contributed by atoms with van der Waals surface area (Å²) in [6.45, 7) is 9.24. The minimum absolute atomic E-state index is 0.0731. The normalized spacial score (nSPS) is 43.0. The lowest BCUT2D eigenvalue weighted by molar-refractivity contribution is -0.234. The summed E-state index contributed by atoms with van der Waals surface area (Å²) in [5.74, 6) is -1.63. The number of Topliss-reactive ketones (excluding diaryl/α,β-unsaturated/α-hetero) is 1. The van der Waals surface area contributed by atoms with Gasteiger partial charge in [-0.25, -0.2) is 8.78 Å². The molecule has 1 aromatic rings. The van der Waals surface area contributed by atoms with Crippen molar-refractivity contribution in [2.45, 2.75) is 109 Å². The predicted octanol–water partition coefficient (Wildman–Crippen LogP) is 5.66. The number of hydrogen-bond acceptors (Lipinski definition) is 7. The molecule has 9 heteroatoms. The van der Waals surface area contributed by atoms with Crippen LogP contribution in [0.25, 0.3) is 0 Å². The van der Waals surface area contributed by atoms with E-state index in [1.54, 1.807) is 19.1 Å². The molecule has 1 saturated heterocycles. The first-order valence-electron chi connectivity index (χ1n) is 15.6. The summed E-state index contributed by atoms with van der Waals surface area (Å²) < 4.78 is 52.4. The van der Waals surface area contributed by atoms with E-state index in [9.17, 15) is 14.7 Å². The Balaban J connectivity index is 1.33. The van der Waals surface area contributed by atoms with Crippen molar-refractivity contribution in [1.82, 2.24) is 0 Å². The molecule has 0 radical (unpaired) electrons. The van der Waals surface area contributed by atoms with Crippen molar-refractivity contribution in [2.75, 3.05) is 11.9 Å². The lowest BCUT2D eigenvalue weighted by Crippen LogP contribution is -2.71. The number of hydrogen-bond donors (Lipinski definition) is 2. The van der Waals surface area contributed by atoms with Crippen molar-refractivity contribution >= 4 is 17.3 Å². The van der Waals surface area contributed by atoms with Crippen molar-refractivity contribution in [1.29, 1.82) is 0 Å². The third-order valence-electron chi connectivity index (χ3n) is 11.0. The average Bonchev–Trinajstić information content (AvgIpc) is 3.43. The molecule has 5 aliphatic rings. The second kappa shape index (κ2) is 10.5. The Morgan fingerprint density at radius 3 is 2.58 bits per heavy atom. The van der Waals surface area contributed by atoms with Gasteiger partial charge in [0.2, 0.25) is 5.78 Å². The first kappa shape index (κ1) is 30.4. The van der Waals surface area contributed by atoms with Gasteiger partial charge in [0.05, 0.1) is 12.2 Å². The maximum atomic E-state index is 17.6. The SMILES string of the molecule is CCC[C@@H]1O[C@@H]2C[C@H]3[C@@H]4C[C@H](F)C5=CC(=O)C=C[C@]5(C)[C@@]4(F)[C@@H](O)C[C@]3(C)[C@]2(C(=O)COc2ccc(NC(C)C)cc2)O1. The van der Waals surface area contributed by atoms with Gasteiger partial charge in [0.1, 0.15) is 18.5 Å². The highest BCUT2D eigenvalue weighted by molar-refractivity contribution is 6.01. The number of benzene rings is 1. The predicted molar refractivity (Wildman–Crippen MR) is 157 cm³/mol. The number of halogens is 2. The van der Waals surface area contributed by atoms with E-state index in [1.165, 1.54) is 18.2 Å². The zero-order chi connectivity index (χ0) is 30.9. The molecule has 1 aromatic carbocycles. The van der Waals surface area contributed by atoms with Crippen LogP contribution in [-0.2, 0) is 19.1 Å². The van der Waals surface area contributed by atoms with Crippen molar-refractivity contribution in [3.8, 4) is 5.75 Å². The standard InChI is InChI=1S/C34H43F2NO6/c1-6-7-30-42-29-16-23-24-15-26(35)25-14-21(38)12-13-31(25,4)33(24,36)27(39)17-32(23,5)34(29,43-30)28(40)18-41-22-10-8-20(9-11-22)37-19(2)3/h8-14,19,23-24,26-27,29-30,37,39H,6-7,15-18H2,1-5H3/t23-,24-,26-,27-,29+,30+,31-,32-,33-,34+/m0/s1. The average molecular weight is 600 g/mol. The number of ketones is 2. The Bertz CT molecular complexity index is 1350. The Labute approximate surface area is 252 Å². The molecule has 4 aliphatic carbocycles. The number of nitrogens with one attached hydrogen (secondary N) is 1. The topological polar surface area (TPSA) is 94.1 Å². The van der Waals surface area contributed by atoms with E-state index < -0.39 is 58.6 Å². The number of aliphatic hydroxyl groups is 1. The van der Waals surface area contributed by atoms with E-state index in [1.807, 2.05) is 39.8 Å². The van der Waals surface area contributed by atoms with Gasteiger partial charge >= 0.3 is 0 Å². The van der Waals surface area contributed by atoms with Crippen LogP contribution in [0, 0.1) is 22.7 Å². The quantitative estimate of drug-likeness (QED) is 0.398. The summed E-state index contributed by atoms with van der Waals surface area (Å²) in [6.07, 6.45) is 0.853. The number of anilines is 1. The van der Waals surface area contributed by atoms with Gasteiger partial charge in [0, 0.05) is 28.5 Å². The number of allylic oxidation sites excluding steroid dienone is 4. The van der Waals surface area contributed by atoms with Crippen molar-refractivity contribution < 1.29 is 37.7 Å². The van der Waals surface area contributed by atoms with E-state index in [2.05, 4.69) is 5.32 Å². The van der Waals surface area contributed by atoms with Gasteiger partial charge < -0.3 is 24.6 Å². The highest BCUT2D eigenvalue weighted by atomic mass is 19.1. The number of aliphatic hydroxyl groups excluding tert-OH is 1. The van der Waals surface area contributed by atoms with E-state index in [4.69, 9.17) is 14.2 Å². The number of alkyl halides is 2. The molecule has 3 saturated carbocycles. The van der Waals surface area contributed by atoms with Gasteiger partial charge in [0.15, 0.2) is 23.3 Å². The second-order valence-corrected chi connectivity index (χ2v) is 13.8. The summed E-state index contributed by atoms with van der Waals surface area (Å²) in [7, 11) is 0. The molecule has 1 heterocycles. The molecule has 7 nitrogen and oxygen atoms in total. The molecule has 4 fully saturated rings. The smallest absolute Gasteiger partial charge is 0.205 e. The fourth-order valence-electron chi connectivity index (χ4n) is 9.12. The first-order valence-corrected chi connectivity index (χ1v) is 15.6. The molecule has 2 N–H and O–H groups in total. The molecule has 0 amide bonds. The summed E-state index contributed by atoms with van der Waals surface area (Å²) in [6, 6.07) is 7.61. The van der Waals surface area contributed by atoms with Crippen molar-refractivity contribution in [2.24, 2.45) is 22.7 Å². The number of rotatable bonds is 8. The van der Waals surface area contributed by atoms with Crippen LogP contribution < -0.4 is 10.1 Å². The van der Waals surface area contributed by atoms with Crippen LogP contribution in [0.1, 0.15) is 66.7 Å². The number of fused-ring (bicyclic) bond motifs is 7. The van der Waals surface area contributed by atoms with Crippen LogP contribution >= 0.6 is 0 Å².